The molecule has 12 heavy (non-hydrogen) atoms. The highest BCUT2D eigenvalue weighted by molar-refractivity contribution is 6.18. The normalized spacial score (nSPS) is 25.0. The van der Waals surface area contributed by atoms with Crippen molar-refractivity contribution in [3.8, 4) is 0 Å². The van der Waals surface area contributed by atoms with Crippen molar-refractivity contribution in [1.82, 2.24) is 0 Å². The van der Waals surface area contributed by atoms with Gasteiger partial charge in [-0.15, -0.1) is 11.6 Å². The fourth-order valence-electron chi connectivity index (χ4n) is 2.05. The summed E-state index contributed by atoms with van der Waals surface area (Å²) in [6.07, 6.45) is 5.44. The fourth-order valence-corrected chi connectivity index (χ4v) is 2.38. The van der Waals surface area contributed by atoms with Crippen LogP contribution in [0.15, 0.2) is 0 Å². The molecule has 0 aliphatic heterocycles. The molecule has 1 aliphatic carbocycles. The lowest BCUT2D eigenvalue weighted by molar-refractivity contribution is 0.238. The van der Waals surface area contributed by atoms with E-state index < -0.39 is 0 Å². The summed E-state index contributed by atoms with van der Waals surface area (Å²) in [5.41, 5.74) is 0.441. The largest absolute Gasteiger partial charge is 0.126 e. The minimum Gasteiger partial charge on any atom is -0.126 e. The smallest absolute Gasteiger partial charge is 0.0280 e. The fraction of sp³-hybridized carbons (Fsp3) is 1.00. The van der Waals surface area contributed by atoms with Gasteiger partial charge in [0.25, 0.3) is 0 Å². The maximum atomic E-state index is 6.04. The Labute approximate surface area is 81.7 Å². The Morgan fingerprint density at radius 1 is 1.50 bits per heavy atom. The molecule has 1 fully saturated rings. The zero-order valence-corrected chi connectivity index (χ0v) is 9.32. The van der Waals surface area contributed by atoms with E-state index in [0.717, 1.165) is 17.7 Å². The van der Waals surface area contributed by atoms with Crippen LogP contribution in [0.2, 0.25) is 0 Å². The first-order valence-corrected chi connectivity index (χ1v) is 5.72. The van der Waals surface area contributed by atoms with Crippen LogP contribution in [-0.4, -0.2) is 5.88 Å². The van der Waals surface area contributed by atoms with Gasteiger partial charge in [-0.1, -0.05) is 27.2 Å². The molecule has 1 rings (SSSR count). The van der Waals surface area contributed by atoms with E-state index in [2.05, 4.69) is 20.8 Å². The van der Waals surface area contributed by atoms with Crippen molar-refractivity contribution in [3.05, 3.63) is 0 Å². The Morgan fingerprint density at radius 2 is 2.08 bits per heavy atom. The number of rotatable bonds is 5. The van der Waals surface area contributed by atoms with Crippen LogP contribution in [0.1, 0.15) is 46.5 Å². The van der Waals surface area contributed by atoms with Crippen molar-refractivity contribution in [2.45, 2.75) is 46.5 Å². The highest BCUT2D eigenvalue weighted by atomic mass is 35.5. The second-order valence-electron chi connectivity index (χ2n) is 4.78. The monoisotopic (exact) mass is 188 g/mol. The summed E-state index contributed by atoms with van der Waals surface area (Å²) in [6.45, 7) is 6.98. The molecule has 0 bridgehead atoms. The van der Waals surface area contributed by atoms with Gasteiger partial charge in [0.1, 0.15) is 0 Å². The Kier molecular flexibility index (Phi) is 3.46. The lowest BCUT2D eigenvalue weighted by atomic mass is 9.78. The molecule has 0 N–H and O–H groups in total. The Morgan fingerprint density at radius 3 is 2.42 bits per heavy atom. The standard InChI is InChI=1S/C11H21Cl/c1-4-9(2)7-11(3,8-12)10-5-6-10/h9-10H,4-8H2,1-3H3. The number of alkyl halides is 1. The van der Waals surface area contributed by atoms with Gasteiger partial charge in [-0.25, -0.2) is 0 Å². The SMILES string of the molecule is CCC(C)CC(C)(CCl)C1CC1. The maximum absolute atomic E-state index is 6.04. The van der Waals surface area contributed by atoms with Gasteiger partial charge in [-0.2, -0.15) is 0 Å². The van der Waals surface area contributed by atoms with E-state index in [1.54, 1.807) is 0 Å². The number of hydrogen-bond donors (Lipinski definition) is 0. The van der Waals surface area contributed by atoms with E-state index in [1.807, 2.05) is 0 Å². The van der Waals surface area contributed by atoms with Gasteiger partial charge < -0.3 is 0 Å². The first-order valence-electron chi connectivity index (χ1n) is 5.18. The molecule has 72 valence electrons. The van der Waals surface area contributed by atoms with E-state index in [9.17, 15) is 0 Å². The zero-order chi connectivity index (χ0) is 9.19. The van der Waals surface area contributed by atoms with Crippen molar-refractivity contribution in [3.63, 3.8) is 0 Å². The Bertz CT molecular complexity index is 140. The lowest BCUT2D eigenvalue weighted by Gasteiger charge is -2.29. The van der Waals surface area contributed by atoms with E-state index in [0.29, 0.717) is 5.41 Å². The van der Waals surface area contributed by atoms with Gasteiger partial charge in [-0.05, 0) is 36.5 Å². The predicted molar refractivity (Wildman–Crippen MR) is 55.6 cm³/mol. The molecule has 0 aromatic heterocycles. The average Bonchev–Trinajstić information content (AvgIpc) is 2.86. The topological polar surface area (TPSA) is 0 Å². The van der Waals surface area contributed by atoms with Crippen molar-refractivity contribution in [2.24, 2.45) is 17.3 Å². The van der Waals surface area contributed by atoms with E-state index >= 15 is 0 Å². The van der Waals surface area contributed by atoms with E-state index in [1.165, 1.54) is 25.7 Å². The molecule has 2 atom stereocenters. The molecule has 0 radical (unpaired) electrons. The first kappa shape index (κ1) is 10.4. The molecule has 1 saturated carbocycles. The Hall–Kier alpha value is 0.290. The quantitative estimate of drug-likeness (QED) is 0.571. The molecular formula is C11H21Cl. The van der Waals surface area contributed by atoms with Crippen molar-refractivity contribution >= 4 is 11.6 Å². The van der Waals surface area contributed by atoms with Crippen LogP contribution in [0, 0.1) is 17.3 Å². The zero-order valence-electron chi connectivity index (χ0n) is 8.57. The third-order valence-electron chi connectivity index (χ3n) is 3.38. The van der Waals surface area contributed by atoms with Crippen LogP contribution >= 0.6 is 11.6 Å². The highest BCUT2D eigenvalue weighted by Crippen LogP contribution is 2.49. The van der Waals surface area contributed by atoms with Gasteiger partial charge in [0, 0.05) is 5.88 Å². The summed E-state index contributed by atoms with van der Waals surface area (Å²) in [4.78, 5) is 0. The summed E-state index contributed by atoms with van der Waals surface area (Å²) in [6, 6.07) is 0. The highest BCUT2D eigenvalue weighted by Gasteiger charge is 2.41. The predicted octanol–water partition coefficient (Wildman–Crippen LogP) is 4.08. The first-order chi connectivity index (χ1) is 5.62. The van der Waals surface area contributed by atoms with Crippen molar-refractivity contribution in [1.29, 1.82) is 0 Å². The van der Waals surface area contributed by atoms with Crippen molar-refractivity contribution in [2.75, 3.05) is 5.88 Å². The van der Waals surface area contributed by atoms with Crippen LogP contribution < -0.4 is 0 Å². The van der Waals surface area contributed by atoms with Gasteiger partial charge in [0.05, 0.1) is 0 Å². The summed E-state index contributed by atoms with van der Waals surface area (Å²) in [5, 5.41) is 0. The second kappa shape index (κ2) is 4.00. The van der Waals surface area contributed by atoms with Crippen molar-refractivity contribution < 1.29 is 0 Å². The molecule has 0 saturated heterocycles. The summed E-state index contributed by atoms with van der Waals surface area (Å²) in [5.74, 6) is 2.63. The summed E-state index contributed by atoms with van der Waals surface area (Å²) < 4.78 is 0. The second-order valence-corrected chi connectivity index (χ2v) is 5.05. The van der Waals surface area contributed by atoms with Gasteiger partial charge in [-0.3, -0.25) is 0 Å². The third-order valence-corrected chi connectivity index (χ3v) is 3.99. The summed E-state index contributed by atoms with van der Waals surface area (Å²) in [7, 11) is 0. The molecule has 1 heteroatoms. The molecule has 2 unspecified atom stereocenters. The molecule has 0 spiro atoms. The van der Waals surface area contributed by atoms with Crippen LogP contribution in [0.5, 0.6) is 0 Å². The number of hydrogen-bond acceptors (Lipinski definition) is 0. The van der Waals surface area contributed by atoms with Gasteiger partial charge in [0.2, 0.25) is 0 Å². The minimum absolute atomic E-state index is 0.441. The minimum atomic E-state index is 0.441. The molecule has 0 nitrogen and oxygen atoms in total. The molecular weight excluding hydrogens is 168 g/mol. The number of halogens is 1. The van der Waals surface area contributed by atoms with Crippen LogP contribution in [0.4, 0.5) is 0 Å². The third kappa shape index (κ3) is 2.39. The maximum Gasteiger partial charge on any atom is 0.0280 e. The molecule has 0 aromatic rings. The van der Waals surface area contributed by atoms with Crippen LogP contribution in [-0.2, 0) is 0 Å². The van der Waals surface area contributed by atoms with Gasteiger partial charge >= 0.3 is 0 Å². The molecule has 0 amide bonds. The average molecular weight is 189 g/mol. The van der Waals surface area contributed by atoms with E-state index in [-0.39, 0.29) is 0 Å². The molecule has 0 heterocycles. The van der Waals surface area contributed by atoms with Crippen LogP contribution in [0.25, 0.3) is 0 Å². The Balaban J connectivity index is 2.42. The summed E-state index contributed by atoms with van der Waals surface area (Å²) >= 11 is 6.04. The van der Waals surface area contributed by atoms with E-state index in [4.69, 9.17) is 11.6 Å². The lowest BCUT2D eigenvalue weighted by Crippen LogP contribution is -2.24. The van der Waals surface area contributed by atoms with Gasteiger partial charge in [0.15, 0.2) is 0 Å². The van der Waals surface area contributed by atoms with Crippen LogP contribution in [0.3, 0.4) is 0 Å². The molecule has 0 aromatic carbocycles. The molecule has 1 aliphatic rings.